The second-order valence-corrected chi connectivity index (χ2v) is 5.66. The number of rotatable bonds is 5. The van der Waals surface area contributed by atoms with E-state index in [1.165, 1.54) is 0 Å². The van der Waals surface area contributed by atoms with Crippen molar-refractivity contribution in [1.82, 2.24) is 10.2 Å². The Morgan fingerprint density at radius 3 is 2.31 bits per heavy atom. The fraction of sp³-hybridized carbons (Fsp3) is 0.923. The smallest absolute Gasteiger partial charge is 0.241 e. The Kier molecular flexibility index (Phi) is 4.78. The molecular weight excluding hydrogens is 200 g/mol. The molecule has 1 fully saturated rings. The number of nitrogens with one attached hydrogen (secondary N) is 1. The van der Waals surface area contributed by atoms with Crippen LogP contribution in [0.5, 0.6) is 0 Å². The van der Waals surface area contributed by atoms with Gasteiger partial charge in [-0.15, -0.1) is 0 Å². The highest BCUT2D eigenvalue weighted by atomic mass is 16.2. The minimum absolute atomic E-state index is 0.0440. The summed E-state index contributed by atoms with van der Waals surface area (Å²) in [5, 5.41) is 3.45. The summed E-state index contributed by atoms with van der Waals surface area (Å²) in [7, 11) is 0. The summed E-state index contributed by atoms with van der Waals surface area (Å²) < 4.78 is 0. The summed E-state index contributed by atoms with van der Waals surface area (Å²) in [6.45, 7) is 11.7. The van der Waals surface area contributed by atoms with Gasteiger partial charge in [-0.1, -0.05) is 34.6 Å². The largest absolute Gasteiger partial charge is 0.326 e. The standard InChI is InChI=1S/C13H26N2O/c1-6-11-13(16)15(8-10(4)5)12(14-11)7-9(2)3/h9-12,14H,6-8H2,1-5H3. The van der Waals surface area contributed by atoms with Crippen molar-refractivity contribution in [2.24, 2.45) is 11.8 Å². The lowest BCUT2D eigenvalue weighted by atomic mass is 10.1. The fourth-order valence-corrected chi connectivity index (χ4v) is 2.29. The molecule has 0 aromatic heterocycles. The van der Waals surface area contributed by atoms with Crippen LogP contribution in [0.1, 0.15) is 47.5 Å². The molecule has 3 heteroatoms. The molecule has 1 N–H and O–H groups in total. The summed E-state index contributed by atoms with van der Waals surface area (Å²) >= 11 is 0. The van der Waals surface area contributed by atoms with Gasteiger partial charge in [0.05, 0.1) is 12.2 Å². The summed E-state index contributed by atoms with van der Waals surface area (Å²) in [5.74, 6) is 1.45. The van der Waals surface area contributed by atoms with Gasteiger partial charge >= 0.3 is 0 Å². The monoisotopic (exact) mass is 226 g/mol. The molecule has 1 heterocycles. The van der Waals surface area contributed by atoms with Crippen molar-refractivity contribution in [2.45, 2.75) is 59.7 Å². The Hall–Kier alpha value is -0.570. The average Bonchev–Trinajstić information content (AvgIpc) is 2.44. The Morgan fingerprint density at radius 1 is 1.25 bits per heavy atom. The Bertz CT molecular complexity index is 238. The highest BCUT2D eigenvalue weighted by molar-refractivity contribution is 5.84. The van der Waals surface area contributed by atoms with Crippen molar-refractivity contribution in [3.05, 3.63) is 0 Å². The zero-order chi connectivity index (χ0) is 12.3. The van der Waals surface area contributed by atoms with E-state index in [1.807, 2.05) is 4.90 Å². The van der Waals surface area contributed by atoms with Crippen LogP contribution < -0.4 is 5.32 Å². The first-order chi connectivity index (χ1) is 7.45. The molecule has 1 aliphatic heterocycles. The minimum atomic E-state index is 0.0440. The van der Waals surface area contributed by atoms with Crippen molar-refractivity contribution in [1.29, 1.82) is 0 Å². The maximum atomic E-state index is 12.1. The molecule has 1 amide bonds. The van der Waals surface area contributed by atoms with Crippen molar-refractivity contribution < 1.29 is 4.79 Å². The summed E-state index contributed by atoms with van der Waals surface area (Å²) in [5.41, 5.74) is 0. The van der Waals surface area contributed by atoms with Crippen LogP contribution in [-0.4, -0.2) is 29.6 Å². The molecule has 0 bridgehead atoms. The number of carbonyl (C=O) groups excluding carboxylic acids is 1. The molecular formula is C13H26N2O. The van der Waals surface area contributed by atoms with Crippen molar-refractivity contribution >= 4 is 5.91 Å². The predicted molar refractivity (Wildman–Crippen MR) is 67.0 cm³/mol. The predicted octanol–water partition coefficient (Wildman–Crippen LogP) is 2.22. The van der Waals surface area contributed by atoms with Gasteiger partial charge in [0.15, 0.2) is 0 Å². The second kappa shape index (κ2) is 5.67. The third-order valence-corrected chi connectivity index (χ3v) is 3.02. The molecule has 1 saturated heterocycles. The topological polar surface area (TPSA) is 32.3 Å². The van der Waals surface area contributed by atoms with E-state index in [0.717, 1.165) is 19.4 Å². The van der Waals surface area contributed by atoms with Crippen LogP contribution in [0.25, 0.3) is 0 Å². The van der Waals surface area contributed by atoms with Crippen molar-refractivity contribution in [3.8, 4) is 0 Å². The Balaban J connectivity index is 2.69. The highest BCUT2D eigenvalue weighted by Crippen LogP contribution is 2.20. The third-order valence-electron chi connectivity index (χ3n) is 3.02. The zero-order valence-electron chi connectivity index (χ0n) is 11.3. The first-order valence-electron chi connectivity index (χ1n) is 6.52. The molecule has 2 unspecified atom stereocenters. The molecule has 1 rings (SSSR count). The second-order valence-electron chi connectivity index (χ2n) is 5.66. The number of hydrogen-bond donors (Lipinski definition) is 1. The van der Waals surface area contributed by atoms with Gasteiger partial charge in [-0.05, 0) is 24.7 Å². The van der Waals surface area contributed by atoms with E-state index in [2.05, 4.69) is 39.9 Å². The van der Waals surface area contributed by atoms with Crippen LogP contribution >= 0.6 is 0 Å². The average molecular weight is 226 g/mol. The highest BCUT2D eigenvalue weighted by Gasteiger charge is 2.37. The van der Waals surface area contributed by atoms with Crippen LogP contribution in [-0.2, 0) is 4.79 Å². The molecule has 0 aromatic carbocycles. The van der Waals surface area contributed by atoms with Crippen LogP contribution in [0.3, 0.4) is 0 Å². The van der Waals surface area contributed by atoms with E-state index >= 15 is 0 Å². The van der Waals surface area contributed by atoms with E-state index in [4.69, 9.17) is 0 Å². The molecule has 94 valence electrons. The van der Waals surface area contributed by atoms with E-state index < -0.39 is 0 Å². The SMILES string of the molecule is CCC1NC(CC(C)C)N(CC(C)C)C1=O. The molecule has 16 heavy (non-hydrogen) atoms. The Morgan fingerprint density at radius 2 is 1.88 bits per heavy atom. The summed E-state index contributed by atoms with van der Waals surface area (Å²) in [6, 6.07) is 0.0440. The van der Waals surface area contributed by atoms with Gasteiger partial charge in [0.2, 0.25) is 5.91 Å². The van der Waals surface area contributed by atoms with Gasteiger partial charge in [-0.25, -0.2) is 0 Å². The fourth-order valence-electron chi connectivity index (χ4n) is 2.29. The van der Waals surface area contributed by atoms with Gasteiger partial charge in [-0.2, -0.15) is 0 Å². The summed E-state index contributed by atoms with van der Waals surface area (Å²) in [4.78, 5) is 14.2. The van der Waals surface area contributed by atoms with Crippen LogP contribution in [0.4, 0.5) is 0 Å². The molecule has 0 radical (unpaired) electrons. The van der Waals surface area contributed by atoms with Gasteiger partial charge < -0.3 is 4.90 Å². The lowest BCUT2D eigenvalue weighted by Crippen LogP contribution is -2.40. The van der Waals surface area contributed by atoms with E-state index in [1.54, 1.807) is 0 Å². The van der Waals surface area contributed by atoms with E-state index in [0.29, 0.717) is 17.7 Å². The van der Waals surface area contributed by atoms with Gasteiger partial charge in [0.25, 0.3) is 0 Å². The van der Waals surface area contributed by atoms with Gasteiger partial charge in [0, 0.05) is 6.54 Å². The van der Waals surface area contributed by atoms with Gasteiger partial charge in [-0.3, -0.25) is 10.1 Å². The maximum absolute atomic E-state index is 12.1. The van der Waals surface area contributed by atoms with Crippen LogP contribution in [0.15, 0.2) is 0 Å². The maximum Gasteiger partial charge on any atom is 0.241 e. The number of hydrogen-bond acceptors (Lipinski definition) is 2. The first kappa shape index (κ1) is 13.5. The number of nitrogens with zero attached hydrogens (tertiary/aromatic N) is 1. The normalized spacial score (nSPS) is 26.2. The molecule has 0 aromatic rings. The van der Waals surface area contributed by atoms with Crippen molar-refractivity contribution in [3.63, 3.8) is 0 Å². The number of carbonyl (C=O) groups is 1. The zero-order valence-corrected chi connectivity index (χ0v) is 11.3. The quantitative estimate of drug-likeness (QED) is 0.779. The molecule has 1 aliphatic rings. The van der Waals surface area contributed by atoms with Crippen LogP contribution in [0.2, 0.25) is 0 Å². The summed E-state index contributed by atoms with van der Waals surface area (Å²) in [6.07, 6.45) is 2.19. The Labute approximate surface area is 99.6 Å². The molecule has 3 nitrogen and oxygen atoms in total. The van der Waals surface area contributed by atoms with E-state index in [9.17, 15) is 4.79 Å². The van der Waals surface area contributed by atoms with Gasteiger partial charge in [0.1, 0.15) is 0 Å². The van der Waals surface area contributed by atoms with E-state index in [-0.39, 0.29) is 12.2 Å². The molecule has 0 aliphatic carbocycles. The third kappa shape index (κ3) is 3.21. The minimum Gasteiger partial charge on any atom is -0.326 e. The lowest BCUT2D eigenvalue weighted by Gasteiger charge is -2.27. The van der Waals surface area contributed by atoms with Crippen molar-refractivity contribution in [2.75, 3.05) is 6.54 Å². The molecule has 0 saturated carbocycles. The molecule has 0 spiro atoms. The number of amides is 1. The van der Waals surface area contributed by atoms with Crippen LogP contribution in [0, 0.1) is 11.8 Å². The lowest BCUT2D eigenvalue weighted by molar-refractivity contribution is -0.130. The first-order valence-corrected chi connectivity index (χ1v) is 6.52. The molecule has 2 atom stereocenters.